The summed E-state index contributed by atoms with van der Waals surface area (Å²) in [5.41, 5.74) is 6.02. The molecule has 0 bridgehead atoms. The van der Waals surface area contributed by atoms with E-state index in [1.807, 2.05) is 0 Å². The average Bonchev–Trinajstić information content (AvgIpc) is 2.30. The minimum atomic E-state index is -0.844. The van der Waals surface area contributed by atoms with Gasteiger partial charge in [0.05, 0.1) is 7.11 Å². The van der Waals surface area contributed by atoms with Gasteiger partial charge < -0.3 is 15.2 Å². The van der Waals surface area contributed by atoms with E-state index in [1.54, 1.807) is 6.07 Å². The van der Waals surface area contributed by atoms with Crippen molar-refractivity contribution in [2.24, 2.45) is 5.73 Å². The Morgan fingerprint density at radius 3 is 2.75 bits per heavy atom. The molecule has 16 heavy (non-hydrogen) atoms. The number of benzene rings is 1. The first kappa shape index (κ1) is 12.4. The molecule has 0 radical (unpaired) electrons. The third-order valence-electron chi connectivity index (χ3n) is 2.07. The molecule has 0 fully saturated rings. The highest BCUT2D eigenvalue weighted by Gasteiger charge is 2.16. The van der Waals surface area contributed by atoms with Gasteiger partial charge in [-0.05, 0) is 24.6 Å². The van der Waals surface area contributed by atoms with E-state index >= 15 is 0 Å². The molecule has 1 atom stereocenters. The van der Waals surface area contributed by atoms with Gasteiger partial charge >= 0.3 is 5.97 Å². The number of rotatable bonds is 4. The van der Waals surface area contributed by atoms with Gasteiger partial charge in [0.25, 0.3) is 0 Å². The number of methoxy groups -OCH3 is 1. The van der Waals surface area contributed by atoms with E-state index in [9.17, 15) is 9.18 Å². The number of ether oxygens (including phenoxy) is 2. The van der Waals surface area contributed by atoms with Crippen LogP contribution >= 0.6 is 0 Å². The van der Waals surface area contributed by atoms with Crippen LogP contribution in [-0.4, -0.2) is 19.2 Å². The molecule has 0 aliphatic rings. The molecule has 0 aliphatic heterocycles. The lowest BCUT2D eigenvalue weighted by atomic mass is 10.2. The molecule has 0 saturated heterocycles. The standard InChI is InChI=1S/C11H14FNO3/c1-7(11(14)15-2)16-10-4-3-8(6-13)5-9(10)12/h3-5,7H,6,13H2,1-2H3. The molecule has 1 aromatic carbocycles. The predicted octanol–water partition coefficient (Wildman–Crippen LogP) is 1.22. The fourth-order valence-electron chi connectivity index (χ4n) is 1.17. The SMILES string of the molecule is COC(=O)C(C)Oc1ccc(CN)cc1F. The molecule has 0 heterocycles. The van der Waals surface area contributed by atoms with Crippen molar-refractivity contribution >= 4 is 5.97 Å². The zero-order chi connectivity index (χ0) is 12.1. The van der Waals surface area contributed by atoms with Gasteiger partial charge in [-0.1, -0.05) is 6.07 Å². The fraction of sp³-hybridized carbons (Fsp3) is 0.364. The maximum atomic E-state index is 13.4. The highest BCUT2D eigenvalue weighted by molar-refractivity contribution is 5.74. The molecule has 0 saturated carbocycles. The third kappa shape index (κ3) is 2.93. The topological polar surface area (TPSA) is 61.5 Å². The van der Waals surface area contributed by atoms with E-state index in [-0.39, 0.29) is 12.3 Å². The summed E-state index contributed by atoms with van der Waals surface area (Å²) in [4.78, 5) is 11.1. The maximum Gasteiger partial charge on any atom is 0.346 e. The van der Waals surface area contributed by atoms with Crippen molar-refractivity contribution in [2.75, 3.05) is 7.11 Å². The van der Waals surface area contributed by atoms with Gasteiger partial charge in [-0.3, -0.25) is 0 Å². The molecule has 0 amide bonds. The molecule has 0 aromatic heterocycles. The minimum Gasteiger partial charge on any atom is -0.476 e. The summed E-state index contributed by atoms with van der Waals surface area (Å²) in [5.74, 6) is -1.09. The number of hydrogen-bond donors (Lipinski definition) is 1. The van der Waals surface area contributed by atoms with Crippen molar-refractivity contribution in [3.05, 3.63) is 29.6 Å². The van der Waals surface area contributed by atoms with Crippen LogP contribution < -0.4 is 10.5 Å². The van der Waals surface area contributed by atoms with E-state index in [0.717, 1.165) is 0 Å². The molecule has 2 N–H and O–H groups in total. The summed E-state index contributed by atoms with van der Waals surface area (Å²) in [6.07, 6.45) is -0.844. The maximum absolute atomic E-state index is 13.4. The smallest absolute Gasteiger partial charge is 0.346 e. The van der Waals surface area contributed by atoms with Crippen LogP contribution in [0.2, 0.25) is 0 Å². The second-order valence-corrected chi connectivity index (χ2v) is 3.25. The summed E-state index contributed by atoms with van der Waals surface area (Å²) in [7, 11) is 1.25. The third-order valence-corrected chi connectivity index (χ3v) is 2.07. The Morgan fingerprint density at radius 1 is 1.56 bits per heavy atom. The van der Waals surface area contributed by atoms with Crippen LogP contribution in [0.3, 0.4) is 0 Å². The summed E-state index contributed by atoms with van der Waals surface area (Å²) >= 11 is 0. The van der Waals surface area contributed by atoms with Gasteiger partial charge in [-0.15, -0.1) is 0 Å². The lowest BCUT2D eigenvalue weighted by Crippen LogP contribution is -2.25. The van der Waals surface area contributed by atoms with Crippen molar-refractivity contribution in [1.82, 2.24) is 0 Å². The molecule has 5 heteroatoms. The van der Waals surface area contributed by atoms with Crippen LogP contribution in [0.25, 0.3) is 0 Å². The van der Waals surface area contributed by atoms with E-state index < -0.39 is 17.9 Å². The Bertz CT molecular complexity index is 381. The normalized spacial score (nSPS) is 12.0. The first-order valence-electron chi connectivity index (χ1n) is 4.81. The van der Waals surface area contributed by atoms with Crippen molar-refractivity contribution in [2.45, 2.75) is 19.6 Å². The molecule has 4 nitrogen and oxygen atoms in total. The second-order valence-electron chi connectivity index (χ2n) is 3.25. The molecular weight excluding hydrogens is 213 g/mol. The monoisotopic (exact) mass is 227 g/mol. The summed E-state index contributed by atoms with van der Waals surface area (Å²) < 4.78 is 23.0. The number of halogens is 1. The largest absolute Gasteiger partial charge is 0.476 e. The van der Waals surface area contributed by atoms with Crippen LogP contribution in [-0.2, 0) is 16.1 Å². The Hall–Kier alpha value is -1.62. The van der Waals surface area contributed by atoms with E-state index in [4.69, 9.17) is 10.5 Å². The fourth-order valence-corrected chi connectivity index (χ4v) is 1.17. The lowest BCUT2D eigenvalue weighted by molar-refractivity contribution is -0.148. The van der Waals surface area contributed by atoms with Gasteiger partial charge in [-0.2, -0.15) is 0 Å². The van der Waals surface area contributed by atoms with Crippen molar-refractivity contribution < 1.29 is 18.7 Å². The number of hydrogen-bond acceptors (Lipinski definition) is 4. The van der Waals surface area contributed by atoms with Crippen molar-refractivity contribution in [3.63, 3.8) is 0 Å². The first-order chi connectivity index (χ1) is 7.58. The van der Waals surface area contributed by atoms with E-state index in [0.29, 0.717) is 5.56 Å². The van der Waals surface area contributed by atoms with Crippen LogP contribution in [0.5, 0.6) is 5.75 Å². The van der Waals surface area contributed by atoms with Gasteiger partial charge in [0, 0.05) is 6.54 Å². The summed E-state index contributed by atoms with van der Waals surface area (Å²) in [6, 6.07) is 4.36. The number of carbonyl (C=O) groups is 1. The molecule has 1 rings (SSSR count). The average molecular weight is 227 g/mol. The molecular formula is C11H14FNO3. The molecule has 88 valence electrons. The first-order valence-corrected chi connectivity index (χ1v) is 4.81. The van der Waals surface area contributed by atoms with Gasteiger partial charge in [0.15, 0.2) is 17.7 Å². The van der Waals surface area contributed by atoms with Gasteiger partial charge in [0.1, 0.15) is 0 Å². The quantitative estimate of drug-likeness (QED) is 0.786. The Labute approximate surface area is 93.2 Å². The van der Waals surface area contributed by atoms with E-state index in [1.165, 1.54) is 26.2 Å². The number of esters is 1. The zero-order valence-corrected chi connectivity index (χ0v) is 9.20. The van der Waals surface area contributed by atoms with Gasteiger partial charge in [-0.25, -0.2) is 9.18 Å². The molecule has 0 aliphatic carbocycles. The van der Waals surface area contributed by atoms with Crippen LogP contribution in [0.15, 0.2) is 18.2 Å². The second kappa shape index (κ2) is 5.46. The summed E-state index contributed by atoms with van der Waals surface area (Å²) in [6.45, 7) is 1.74. The van der Waals surface area contributed by atoms with Crippen molar-refractivity contribution in [1.29, 1.82) is 0 Å². The lowest BCUT2D eigenvalue weighted by Gasteiger charge is -2.13. The summed E-state index contributed by atoms with van der Waals surface area (Å²) in [5, 5.41) is 0. The highest BCUT2D eigenvalue weighted by Crippen LogP contribution is 2.19. The van der Waals surface area contributed by atoms with E-state index in [2.05, 4.69) is 4.74 Å². The number of carbonyl (C=O) groups excluding carboxylic acids is 1. The Kier molecular flexibility index (Phi) is 4.25. The van der Waals surface area contributed by atoms with Crippen LogP contribution in [0, 0.1) is 5.82 Å². The molecule has 1 aromatic rings. The van der Waals surface area contributed by atoms with Gasteiger partial charge in [0.2, 0.25) is 0 Å². The Balaban J connectivity index is 2.78. The number of nitrogens with two attached hydrogens (primary N) is 1. The van der Waals surface area contributed by atoms with Crippen LogP contribution in [0.1, 0.15) is 12.5 Å². The molecule has 0 spiro atoms. The predicted molar refractivity (Wildman–Crippen MR) is 56.4 cm³/mol. The molecule has 1 unspecified atom stereocenters. The van der Waals surface area contributed by atoms with Crippen LogP contribution in [0.4, 0.5) is 4.39 Å². The highest BCUT2D eigenvalue weighted by atomic mass is 19.1. The Morgan fingerprint density at radius 2 is 2.25 bits per heavy atom. The zero-order valence-electron chi connectivity index (χ0n) is 9.20. The minimum absolute atomic E-state index is 0.00935. The van der Waals surface area contributed by atoms with Crippen molar-refractivity contribution in [3.8, 4) is 5.75 Å².